The number of piperazine rings is 1. The summed E-state index contributed by atoms with van der Waals surface area (Å²) in [5, 5.41) is 2.98. The second-order valence-electron chi connectivity index (χ2n) is 9.18. The van der Waals surface area contributed by atoms with E-state index in [4.69, 9.17) is 0 Å². The highest BCUT2D eigenvalue weighted by atomic mass is 32.2. The predicted molar refractivity (Wildman–Crippen MR) is 145 cm³/mol. The molecule has 0 bridgehead atoms. The van der Waals surface area contributed by atoms with Crippen LogP contribution in [0.1, 0.15) is 30.9 Å². The molecule has 2 aliphatic rings. The van der Waals surface area contributed by atoms with Gasteiger partial charge in [-0.3, -0.25) is 24.8 Å². The van der Waals surface area contributed by atoms with E-state index in [1.165, 1.54) is 30.6 Å². The summed E-state index contributed by atoms with van der Waals surface area (Å²) >= 11 is 0.921. The first kappa shape index (κ1) is 23.6. The SMILES string of the molecule is CCCCN1CCN(c2ccc(-c3cccc4ncc(C=C5SC(=O)NC5=O)cc34)cc2C)CC1. The number of thioether (sulfide) groups is 1. The fourth-order valence-corrected chi connectivity index (χ4v) is 5.52. The second-order valence-corrected chi connectivity index (χ2v) is 10.2. The Labute approximate surface area is 210 Å². The molecule has 2 fully saturated rings. The minimum Gasteiger partial charge on any atom is -0.369 e. The van der Waals surface area contributed by atoms with Gasteiger partial charge in [-0.15, -0.1) is 0 Å². The maximum Gasteiger partial charge on any atom is 0.290 e. The standard InChI is InChI=1S/C28H30N4O2S/c1-3-4-10-31-11-13-32(14-12-31)25-9-8-21(15-19(25)2)22-6-5-7-24-23(22)16-20(18-29-24)17-26-27(33)30-28(34)35-26/h5-9,15-18H,3-4,10-14H2,1-2H3,(H,30,33,34). The number of nitrogens with one attached hydrogen (secondary N) is 1. The third kappa shape index (κ3) is 5.11. The van der Waals surface area contributed by atoms with Crippen molar-refractivity contribution in [3.05, 3.63) is 64.7 Å². The van der Waals surface area contributed by atoms with Gasteiger partial charge in [0.15, 0.2) is 0 Å². The van der Waals surface area contributed by atoms with Crippen LogP contribution in [0.25, 0.3) is 28.1 Å². The van der Waals surface area contributed by atoms with Crippen molar-refractivity contribution in [2.75, 3.05) is 37.6 Å². The minimum absolute atomic E-state index is 0.339. The van der Waals surface area contributed by atoms with E-state index < -0.39 is 0 Å². The molecule has 7 heteroatoms. The number of fused-ring (bicyclic) bond motifs is 1. The van der Waals surface area contributed by atoms with Crippen LogP contribution in [0.5, 0.6) is 0 Å². The highest BCUT2D eigenvalue weighted by Crippen LogP contribution is 2.33. The largest absolute Gasteiger partial charge is 0.369 e. The van der Waals surface area contributed by atoms with Crippen molar-refractivity contribution in [2.45, 2.75) is 26.7 Å². The van der Waals surface area contributed by atoms with Gasteiger partial charge in [0.2, 0.25) is 0 Å². The van der Waals surface area contributed by atoms with E-state index in [-0.39, 0.29) is 11.1 Å². The van der Waals surface area contributed by atoms with Crippen molar-refractivity contribution in [3.8, 4) is 11.1 Å². The number of anilines is 1. The third-order valence-corrected chi connectivity index (χ3v) is 7.55. The van der Waals surface area contributed by atoms with Gasteiger partial charge in [-0.25, -0.2) is 0 Å². The van der Waals surface area contributed by atoms with Crippen LogP contribution in [0, 0.1) is 6.92 Å². The maximum atomic E-state index is 12.0. The molecule has 2 amide bonds. The number of aromatic nitrogens is 1. The number of carbonyl (C=O) groups is 2. The molecule has 1 N–H and O–H groups in total. The highest BCUT2D eigenvalue weighted by Gasteiger charge is 2.25. The average molecular weight is 487 g/mol. The first-order valence-corrected chi connectivity index (χ1v) is 13.1. The van der Waals surface area contributed by atoms with Gasteiger partial charge in [-0.1, -0.05) is 31.5 Å². The first-order valence-electron chi connectivity index (χ1n) is 12.2. The zero-order valence-corrected chi connectivity index (χ0v) is 21.0. The summed E-state index contributed by atoms with van der Waals surface area (Å²) in [6, 6.07) is 14.9. The number of aryl methyl sites for hydroxylation is 1. The molecule has 0 radical (unpaired) electrons. The molecule has 35 heavy (non-hydrogen) atoms. The topological polar surface area (TPSA) is 65.5 Å². The van der Waals surface area contributed by atoms with E-state index in [1.54, 1.807) is 12.3 Å². The number of unbranched alkanes of at least 4 members (excludes halogenated alkanes) is 1. The van der Waals surface area contributed by atoms with Gasteiger partial charge in [-0.05, 0) is 84.2 Å². The molecule has 180 valence electrons. The van der Waals surface area contributed by atoms with Crippen LogP contribution in [0.4, 0.5) is 10.5 Å². The number of carbonyl (C=O) groups excluding carboxylic acids is 2. The Bertz CT molecular complexity index is 1310. The van der Waals surface area contributed by atoms with Crippen molar-refractivity contribution in [1.29, 1.82) is 0 Å². The number of amides is 2. The van der Waals surface area contributed by atoms with Crippen LogP contribution in [-0.2, 0) is 4.79 Å². The number of pyridine rings is 1. The van der Waals surface area contributed by atoms with E-state index >= 15 is 0 Å². The monoisotopic (exact) mass is 486 g/mol. The van der Waals surface area contributed by atoms with Crippen molar-refractivity contribution >= 4 is 45.6 Å². The van der Waals surface area contributed by atoms with Crippen LogP contribution in [0.2, 0.25) is 0 Å². The van der Waals surface area contributed by atoms with Gasteiger partial charge >= 0.3 is 0 Å². The van der Waals surface area contributed by atoms with Gasteiger partial charge in [0.1, 0.15) is 0 Å². The summed E-state index contributed by atoms with van der Waals surface area (Å²) in [4.78, 5) is 33.5. The Morgan fingerprint density at radius 2 is 1.91 bits per heavy atom. The molecular formula is C28H30N4O2S. The van der Waals surface area contributed by atoms with Gasteiger partial charge in [-0.2, -0.15) is 0 Å². The van der Waals surface area contributed by atoms with Gasteiger partial charge in [0.25, 0.3) is 11.1 Å². The fourth-order valence-electron chi connectivity index (χ4n) is 4.84. The maximum absolute atomic E-state index is 12.0. The molecular weight excluding hydrogens is 456 g/mol. The van der Waals surface area contributed by atoms with E-state index in [1.807, 2.05) is 18.2 Å². The smallest absolute Gasteiger partial charge is 0.290 e. The Kier molecular flexibility index (Phi) is 6.88. The summed E-state index contributed by atoms with van der Waals surface area (Å²) in [6.07, 6.45) is 5.99. The Balaban J connectivity index is 1.41. The molecule has 0 unspecified atom stereocenters. The van der Waals surface area contributed by atoms with Crippen molar-refractivity contribution in [2.24, 2.45) is 0 Å². The summed E-state index contributed by atoms with van der Waals surface area (Å²) in [5.41, 5.74) is 6.52. The molecule has 6 nitrogen and oxygen atoms in total. The summed E-state index contributed by atoms with van der Waals surface area (Å²) < 4.78 is 0. The summed E-state index contributed by atoms with van der Waals surface area (Å²) in [6.45, 7) is 10.0. The van der Waals surface area contributed by atoms with Crippen LogP contribution < -0.4 is 10.2 Å². The molecule has 2 aromatic carbocycles. The zero-order chi connectivity index (χ0) is 24.4. The molecule has 3 heterocycles. The lowest BCUT2D eigenvalue weighted by Gasteiger charge is -2.37. The minimum atomic E-state index is -0.356. The predicted octanol–water partition coefficient (Wildman–Crippen LogP) is 5.46. The Morgan fingerprint density at radius 1 is 1.09 bits per heavy atom. The molecule has 2 saturated heterocycles. The van der Waals surface area contributed by atoms with Gasteiger partial charge in [0, 0.05) is 43.4 Å². The lowest BCUT2D eigenvalue weighted by Crippen LogP contribution is -2.46. The molecule has 1 aromatic heterocycles. The van der Waals surface area contributed by atoms with Crippen LogP contribution in [0.15, 0.2) is 53.6 Å². The number of imide groups is 1. The molecule has 0 spiro atoms. The Hall–Kier alpha value is -3.16. The van der Waals surface area contributed by atoms with E-state index in [0.717, 1.165) is 65.5 Å². The van der Waals surface area contributed by atoms with Crippen molar-refractivity contribution in [3.63, 3.8) is 0 Å². The average Bonchev–Trinajstić information content (AvgIpc) is 3.18. The quantitative estimate of drug-likeness (QED) is 0.467. The number of hydrogen-bond donors (Lipinski definition) is 1. The molecule has 0 atom stereocenters. The number of benzene rings is 2. The summed E-state index contributed by atoms with van der Waals surface area (Å²) in [7, 11) is 0. The van der Waals surface area contributed by atoms with Gasteiger partial charge in [0.05, 0.1) is 10.4 Å². The number of rotatable bonds is 6. The highest BCUT2D eigenvalue weighted by molar-refractivity contribution is 8.18. The molecule has 0 aliphatic carbocycles. The zero-order valence-electron chi connectivity index (χ0n) is 20.2. The Morgan fingerprint density at radius 3 is 2.63 bits per heavy atom. The van der Waals surface area contributed by atoms with Crippen molar-refractivity contribution < 1.29 is 9.59 Å². The van der Waals surface area contributed by atoms with Crippen molar-refractivity contribution in [1.82, 2.24) is 15.2 Å². The van der Waals surface area contributed by atoms with Crippen LogP contribution in [0.3, 0.4) is 0 Å². The second kappa shape index (κ2) is 10.2. The molecule has 2 aliphatic heterocycles. The van der Waals surface area contributed by atoms with Gasteiger partial charge < -0.3 is 4.90 Å². The molecule has 3 aromatic rings. The van der Waals surface area contributed by atoms with E-state index in [0.29, 0.717) is 4.91 Å². The lowest BCUT2D eigenvalue weighted by atomic mass is 9.97. The number of hydrogen-bond acceptors (Lipinski definition) is 6. The normalized spacial score (nSPS) is 18.0. The molecule has 5 rings (SSSR count). The third-order valence-electron chi connectivity index (χ3n) is 6.74. The number of nitrogens with zero attached hydrogens (tertiary/aromatic N) is 3. The molecule has 0 saturated carbocycles. The van der Waals surface area contributed by atoms with Crippen LogP contribution in [-0.4, -0.2) is 53.8 Å². The lowest BCUT2D eigenvalue weighted by molar-refractivity contribution is -0.115. The first-order chi connectivity index (χ1) is 17.0. The van der Waals surface area contributed by atoms with Crippen LogP contribution >= 0.6 is 11.8 Å². The van der Waals surface area contributed by atoms with E-state index in [9.17, 15) is 9.59 Å². The van der Waals surface area contributed by atoms with E-state index in [2.05, 4.69) is 58.2 Å². The summed E-state index contributed by atoms with van der Waals surface area (Å²) in [5.74, 6) is -0.356. The fraction of sp³-hybridized carbons (Fsp3) is 0.321.